The van der Waals surface area contributed by atoms with Gasteiger partial charge in [-0.2, -0.15) is 0 Å². The van der Waals surface area contributed by atoms with Crippen molar-refractivity contribution in [1.82, 2.24) is 0 Å². The monoisotopic (exact) mass is 291 g/mol. The van der Waals surface area contributed by atoms with Gasteiger partial charge in [-0.25, -0.2) is 13.2 Å². The van der Waals surface area contributed by atoms with E-state index in [4.69, 9.17) is 17.3 Å². The minimum Gasteiger partial charge on any atom is -0.327 e. The molecule has 0 bridgehead atoms. The summed E-state index contributed by atoms with van der Waals surface area (Å²) in [4.78, 5) is 0. The molecule has 0 aromatic heterocycles. The van der Waals surface area contributed by atoms with Gasteiger partial charge in [0.15, 0.2) is 0 Å². The number of rotatable bonds is 3. The Hall–Kier alpha value is -0.740. The number of halogens is 4. The second-order valence-corrected chi connectivity index (χ2v) is 5.68. The van der Waals surface area contributed by atoms with Gasteiger partial charge in [-0.05, 0) is 36.8 Å². The largest absolute Gasteiger partial charge is 0.327 e. The van der Waals surface area contributed by atoms with Crippen molar-refractivity contribution in [2.24, 2.45) is 11.7 Å². The third-order valence-electron chi connectivity index (χ3n) is 3.85. The molecule has 19 heavy (non-hydrogen) atoms. The van der Waals surface area contributed by atoms with Crippen LogP contribution < -0.4 is 5.73 Å². The van der Waals surface area contributed by atoms with Crippen LogP contribution in [0.15, 0.2) is 18.2 Å². The van der Waals surface area contributed by atoms with Crippen LogP contribution >= 0.6 is 11.6 Å². The molecule has 1 atom stereocenters. The molecule has 0 heterocycles. The minimum absolute atomic E-state index is 0.0259. The Balaban J connectivity index is 1.98. The first-order valence-corrected chi connectivity index (χ1v) is 6.83. The van der Waals surface area contributed by atoms with Crippen molar-refractivity contribution in [2.75, 3.05) is 0 Å². The van der Waals surface area contributed by atoms with E-state index >= 15 is 0 Å². The van der Waals surface area contributed by atoms with E-state index in [0.717, 1.165) is 0 Å². The van der Waals surface area contributed by atoms with Crippen LogP contribution in [0.3, 0.4) is 0 Å². The Morgan fingerprint density at radius 3 is 2.58 bits per heavy atom. The van der Waals surface area contributed by atoms with E-state index in [9.17, 15) is 13.2 Å². The van der Waals surface area contributed by atoms with Crippen LogP contribution in [0, 0.1) is 11.7 Å². The second-order valence-electron chi connectivity index (χ2n) is 5.27. The van der Waals surface area contributed by atoms with E-state index in [1.165, 1.54) is 6.07 Å². The summed E-state index contributed by atoms with van der Waals surface area (Å²) in [6.45, 7) is 0. The molecule has 1 aliphatic rings. The van der Waals surface area contributed by atoms with Gasteiger partial charge in [0.2, 0.25) is 5.92 Å². The van der Waals surface area contributed by atoms with Crippen molar-refractivity contribution in [3.8, 4) is 0 Å². The van der Waals surface area contributed by atoms with Crippen LogP contribution in [0.25, 0.3) is 0 Å². The molecule has 1 aliphatic carbocycles. The summed E-state index contributed by atoms with van der Waals surface area (Å²) in [6.07, 6.45) is 0.891. The Morgan fingerprint density at radius 1 is 1.32 bits per heavy atom. The molecule has 5 heteroatoms. The molecule has 0 radical (unpaired) electrons. The van der Waals surface area contributed by atoms with Gasteiger partial charge in [-0.15, -0.1) is 0 Å². The van der Waals surface area contributed by atoms with Gasteiger partial charge in [0.25, 0.3) is 0 Å². The Morgan fingerprint density at radius 2 is 1.95 bits per heavy atom. The Labute approximate surface area is 115 Å². The number of benzene rings is 1. The molecule has 1 fully saturated rings. The lowest BCUT2D eigenvalue weighted by molar-refractivity contribution is -0.0481. The molecule has 0 saturated heterocycles. The summed E-state index contributed by atoms with van der Waals surface area (Å²) in [6, 6.07) is 4.48. The first-order chi connectivity index (χ1) is 8.89. The molecular weight excluding hydrogens is 275 g/mol. The highest BCUT2D eigenvalue weighted by Gasteiger charge is 2.36. The average Bonchev–Trinajstić information content (AvgIpc) is 2.35. The lowest BCUT2D eigenvalue weighted by atomic mass is 9.80. The van der Waals surface area contributed by atoms with E-state index in [-0.39, 0.29) is 29.8 Å². The number of hydrogen-bond acceptors (Lipinski definition) is 1. The van der Waals surface area contributed by atoms with E-state index in [0.29, 0.717) is 24.8 Å². The SMILES string of the molecule is NC(Cc1cccc(Cl)c1F)C1CCC(F)(F)CC1. The zero-order chi connectivity index (χ0) is 14.0. The molecule has 0 aliphatic heterocycles. The molecule has 0 spiro atoms. The highest BCUT2D eigenvalue weighted by Crippen LogP contribution is 2.37. The summed E-state index contributed by atoms with van der Waals surface area (Å²) in [5, 5.41) is 0.0693. The summed E-state index contributed by atoms with van der Waals surface area (Å²) in [5.74, 6) is -2.99. The Kier molecular flexibility index (Phi) is 4.41. The molecule has 0 amide bonds. The van der Waals surface area contributed by atoms with Crippen LogP contribution in [0.4, 0.5) is 13.2 Å². The molecule has 2 rings (SSSR count). The first kappa shape index (κ1) is 14.7. The quantitative estimate of drug-likeness (QED) is 0.888. The fourth-order valence-electron chi connectivity index (χ4n) is 2.62. The minimum atomic E-state index is -2.56. The number of nitrogens with two attached hydrogens (primary N) is 1. The van der Waals surface area contributed by atoms with Gasteiger partial charge < -0.3 is 5.73 Å². The third kappa shape index (κ3) is 3.63. The van der Waals surface area contributed by atoms with Gasteiger partial charge in [0.1, 0.15) is 5.82 Å². The molecule has 106 valence electrons. The third-order valence-corrected chi connectivity index (χ3v) is 4.15. The summed E-state index contributed by atoms with van der Waals surface area (Å²) in [5.41, 5.74) is 6.49. The maximum Gasteiger partial charge on any atom is 0.248 e. The van der Waals surface area contributed by atoms with Gasteiger partial charge in [0.05, 0.1) is 5.02 Å². The van der Waals surface area contributed by atoms with E-state index < -0.39 is 11.7 Å². The standard InChI is InChI=1S/C14H17ClF3N/c15-11-3-1-2-10(13(11)16)8-12(19)9-4-6-14(17,18)7-5-9/h1-3,9,12H,4-8,19H2. The molecule has 1 aromatic carbocycles. The number of alkyl halides is 2. The first-order valence-electron chi connectivity index (χ1n) is 6.45. The molecular formula is C14H17ClF3N. The average molecular weight is 292 g/mol. The maximum absolute atomic E-state index is 13.7. The maximum atomic E-state index is 13.7. The zero-order valence-electron chi connectivity index (χ0n) is 10.5. The van der Waals surface area contributed by atoms with Crippen LogP contribution in [-0.2, 0) is 6.42 Å². The predicted octanol–water partition coefficient (Wildman–Crippen LogP) is 4.17. The summed E-state index contributed by atoms with van der Waals surface area (Å²) < 4.78 is 39.9. The van der Waals surface area contributed by atoms with Crippen molar-refractivity contribution < 1.29 is 13.2 Å². The zero-order valence-corrected chi connectivity index (χ0v) is 11.3. The summed E-state index contributed by atoms with van der Waals surface area (Å²) >= 11 is 5.71. The molecule has 1 saturated carbocycles. The smallest absolute Gasteiger partial charge is 0.248 e. The predicted molar refractivity (Wildman–Crippen MR) is 70.0 cm³/mol. The van der Waals surface area contributed by atoms with Crippen molar-refractivity contribution in [3.05, 3.63) is 34.6 Å². The van der Waals surface area contributed by atoms with Crippen molar-refractivity contribution in [3.63, 3.8) is 0 Å². The lowest BCUT2D eigenvalue weighted by Crippen LogP contribution is -2.37. The molecule has 2 N–H and O–H groups in total. The van der Waals surface area contributed by atoms with Gasteiger partial charge in [-0.1, -0.05) is 23.7 Å². The highest BCUT2D eigenvalue weighted by atomic mass is 35.5. The molecule has 1 aromatic rings. The molecule has 1 nitrogen and oxygen atoms in total. The van der Waals surface area contributed by atoms with Crippen LogP contribution in [0.2, 0.25) is 5.02 Å². The van der Waals surface area contributed by atoms with Crippen LogP contribution in [0.5, 0.6) is 0 Å². The fraction of sp³-hybridized carbons (Fsp3) is 0.571. The molecule has 1 unspecified atom stereocenters. The van der Waals surface area contributed by atoms with Crippen molar-refractivity contribution in [2.45, 2.75) is 44.1 Å². The Bertz CT molecular complexity index is 440. The normalized spacial score (nSPS) is 21.3. The van der Waals surface area contributed by atoms with Crippen LogP contribution in [0.1, 0.15) is 31.2 Å². The van der Waals surface area contributed by atoms with Gasteiger partial charge in [0, 0.05) is 18.9 Å². The topological polar surface area (TPSA) is 26.0 Å². The lowest BCUT2D eigenvalue weighted by Gasteiger charge is -2.32. The highest BCUT2D eigenvalue weighted by molar-refractivity contribution is 6.30. The van der Waals surface area contributed by atoms with Crippen LogP contribution in [-0.4, -0.2) is 12.0 Å². The van der Waals surface area contributed by atoms with Crippen molar-refractivity contribution in [1.29, 1.82) is 0 Å². The summed E-state index contributed by atoms with van der Waals surface area (Å²) in [7, 11) is 0. The van der Waals surface area contributed by atoms with E-state index in [1.54, 1.807) is 12.1 Å². The van der Waals surface area contributed by atoms with Gasteiger partial charge >= 0.3 is 0 Å². The fourth-order valence-corrected chi connectivity index (χ4v) is 2.81. The second kappa shape index (κ2) is 5.71. The number of hydrogen-bond donors (Lipinski definition) is 1. The van der Waals surface area contributed by atoms with E-state index in [2.05, 4.69) is 0 Å². The van der Waals surface area contributed by atoms with E-state index in [1.807, 2.05) is 0 Å². The van der Waals surface area contributed by atoms with Gasteiger partial charge in [-0.3, -0.25) is 0 Å². The van der Waals surface area contributed by atoms with Crippen molar-refractivity contribution >= 4 is 11.6 Å².